The Morgan fingerprint density at radius 3 is 2.68 bits per heavy atom. The highest BCUT2D eigenvalue weighted by atomic mass is 16.5. The molecule has 0 aromatic rings. The Hall–Kier alpha value is -0.0800. The van der Waals surface area contributed by atoms with E-state index in [1.54, 1.807) is 0 Å². The Kier molecular flexibility index (Phi) is 4.19. The average molecular weight is 265 g/mol. The quantitative estimate of drug-likeness (QED) is 0.764. The van der Waals surface area contributed by atoms with Crippen LogP contribution in [0.15, 0.2) is 0 Å². The standard InChI is InChI=1S/C17H31NO/c1-17(2)15(14-10-6-12-19-16(14)17)18-11-5-9-13-7-3-4-8-13/h13-16,18H,3-12H2,1-2H3. The molecule has 3 atom stereocenters. The van der Waals surface area contributed by atoms with Gasteiger partial charge in [0.1, 0.15) is 0 Å². The van der Waals surface area contributed by atoms with Crippen LogP contribution in [-0.2, 0) is 4.74 Å². The second-order valence-electron chi connectivity index (χ2n) is 7.64. The van der Waals surface area contributed by atoms with Gasteiger partial charge in [-0.2, -0.15) is 0 Å². The van der Waals surface area contributed by atoms with Gasteiger partial charge in [0.05, 0.1) is 6.10 Å². The van der Waals surface area contributed by atoms with Crippen molar-refractivity contribution in [2.45, 2.75) is 77.4 Å². The van der Waals surface area contributed by atoms with Crippen molar-refractivity contribution in [3.05, 3.63) is 0 Å². The third-order valence-electron chi connectivity index (χ3n) is 5.96. The number of hydrogen-bond acceptors (Lipinski definition) is 2. The summed E-state index contributed by atoms with van der Waals surface area (Å²) in [7, 11) is 0. The molecule has 1 N–H and O–H groups in total. The first-order chi connectivity index (χ1) is 9.19. The van der Waals surface area contributed by atoms with Gasteiger partial charge in [-0.15, -0.1) is 0 Å². The molecule has 1 saturated heterocycles. The van der Waals surface area contributed by atoms with Crippen molar-refractivity contribution in [2.24, 2.45) is 17.3 Å². The van der Waals surface area contributed by atoms with Gasteiger partial charge < -0.3 is 10.1 Å². The predicted molar refractivity (Wildman–Crippen MR) is 79.2 cm³/mol. The molecular formula is C17H31NO. The normalized spacial score (nSPS) is 37.9. The van der Waals surface area contributed by atoms with Crippen molar-refractivity contribution < 1.29 is 4.74 Å². The van der Waals surface area contributed by atoms with Crippen molar-refractivity contribution in [2.75, 3.05) is 13.2 Å². The lowest BCUT2D eigenvalue weighted by molar-refractivity contribution is -0.192. The first-order valence-electron chi connectivity index (χ1n) is 8.54. The molecule has 3 aliphatic rings. The van der Waals surface area contributed by atoms with E-state index in [0.29, 0.717) is 17.6 Å². The topological polar surface area (TPSA) is 21.3 Å². The Balaban J connectivity index is 1.39. The molecule has 0 radical (unpaired) electrons. The predicted octanol–water partition coefficient (Wildman–Crippen LogP) is 3.75. The molecule has 3 rings (SSSR count). The number of rotatable bonds is 5. The molecule has 2 saturated carbocycles. The fourth-order valence-corrected chi connectivity index (χ4v) is 4.88. The molecule has 0 amide bonds. The molecular weight excluding hydrogens is 234 g/mol. The molecule has 19 heavy (non-hydrogen) atoms. The van der Waals surface area contributed by atoms with E-state index in [2.05, 4.69) is 19.2 Å². The van der Waals surface area contributed by atoms with Crippen LogP contribution in [0.5, 0.6) is 0 Å². The highest BCUT2D eigenvalue weighted by molar-refractivity contribution is 5.10. The van der Waals surface area contributed by atoms with Crippen LogP contribution in [0, 0.1) is 17.3 Å². The monoisotopic (exact) mass is 265 g/mol. The van der Waals surface area contributed by atoms with E-state index >= 15 is 0 Å². The van der Waals surface area contributed by atoms with E-state index in [1.165, 1.54) is 57.9 Å². The minimum Gasteiger partial charge on any atom is -0.377 e. The molecule has 0 spiro atoms. The van der Waals surface area contributed by atoms with Crippen molar-refractivity contribution in [3.63, 3.8) is 0 Å². The Bertz CT molecular complexity index is 296. The zero-order valence-electron chi connectivity index (χ0n) is 12.8. The van der Waals surface area contributed by atoms with E-state index < -0.39 is 0 Å². The molecule has 3 fully saturated rings. The number of nitrogens with one attached hydrogen (secondary N) is 1. The number of ether oxygens (including phenoxy) is 1. The third kappa shape index (κ3) is 2.71. The lowest BCUT2D eigenvalue weighted by Crippen LogP contribution is -2.69. The maximum atomic E-state index is 5.97. The van der Waals surface area contributed by atoms with Gasteiger partial charge in [0, 0.05) is 24.0 Å². The van der Waals surface area contributed by atoms with Crippen LogP contribution in [0.2, 0.25) is 0 Å². The zero-order chi connectivity index (χ0) is 13.3. The van der Waals surface area contributed by atoms with Crippen LogP contribution < -0.4 is 5.32 Å². The molecule has 2 aliphatic carbocycles. The van der Waals surface area contributed by atoms with Gasteiger partial charge in [-0.3, -0.25) is 0 Å². The van der Waals surface area contributed by atoms with Crippen LogP contribution >= 0.6 is 0 Å². The van der Waals surface area contributed by atoms with Gasteiger partial charge >= 0.3 is 0 Å². The fourth-order valence-electron chi connectivity index (χ4n) is 4.88. The summed E-state index contributed by atoms with van der Waals surface area (Å²) in [6, 6.07) is 0.696. The molecule has 2 heteroatoms. The van der Waals surface area contributed by atoms with Crippen LogP contribution in [0.25, 0.3) is 0 Å². The summed E-state index contributed by atoms with van der Waals surface area (Å²) in [5.74, 6) is 1.83. The molecule has 3 unspecified atom stereocenters. The molecule has 1 heterocycles. The molecule has 0 aromatic heterocycles. The summed E-state index contributed by atoms with van der Waals surface area (Å²) < 4.78 is 5.97. The minimum absolute atomic E-state index is 0.346. The fraction of sp³-hybridized carbons (Fsp3) is 1.00. The lowest BCUT2D eigenvalue weighted by atomic mass is 9.55. The summed E-state index contributed by atoms with van der Waals surface area (Å²) in [4.78, 5) is 0. The van der Waals surface area contributed by atoms with Gasteiger partial charge in [-0.25, -0.2) is 0 Å². The van der Waals surface area contributed by atoms with Gasteiger partial charge in [0.15, 0.2) is 0 Å². The number of hydrogen-bond donors (Lipinski definition) is 1. The molecule has 1 aliphatic heterocycles. The summed E-state index contributed by atoms with van der Waals surface area (Å²) >= 11 is 0. The van der Waals surface area contributed by atoms with Crippen molar-refractivity contribution in [1.29, 1.82) is 0 Å². The minimum atomic E-state index is 0.346. The maximum Gasteiger partial charge on any atom is 0.0684 e. The van der Waals surface area contributed by atoms with Crippen LogP contribution in [-0.4, -0.2) is 25.3 Å². The Morgan fingerprint density at radius 1 is 1.11 bits per heavy atom. The van der Waals surface area contributed by atoms with Crippen LogP contribution in [0.4, 0.5) is 0 Å². The van der Waals surface area contributed by atoms with Crippen molar-refractivity contribution >= 4 is 0 Å². The first kappa shape index (κ1) is 13.9. The van der Waals surface area contributed by atoms with E-state index in [4.69, 9.17) is 4.74 Å². The van der Waals surface area contributed by atoms with Crippen molar-refractivity contribution in [3.8, 4) is 0 Å². The average Bonchev–Trinajstić information content (AvgIpc) is 2.91. The largest absolute Gasteiger partial charge is 0.377 e. The highest BCUT2D eigenvalue weighted by Gasteiger charge is 2.57. The third-order valence-corrected chi connectivity index (χ3v) is 5.96. The van der Waals surface area contributed by atoms with Crippen molar-refractivity contribution in [1.82, 2.24) is 5.32 Å². The molecule has 0 aromatic carbocycles. The Morgan fingerprint density at radius 2 is 1.89 bits per heavy atom. The van der Waals surface area contributed by atoms with Gasteiger partial charge in [-0.1, -0.05) is 39.5 Å². The summed E-state index contributed by atoms with van der Waals surface area (Å²) in [6.45, 7) is 6.97. The van der Waals surface area contributed by atoms with Gasteiger partial charge in [-0.05, 0) is 38.1 Å². The van der Waals surface area contributed by atoms with Gasteiger partial charge in [0.2, 0.25) is 0 Å². The lowest BCUT2D eigenvalue weighted by Gasteiger charge is -2.60. The van der Waals surface area contributed by atoms with Crippen LogP contribution in [0.3, 0.4) is 0 Å². The van der Waals surface area contributed by atoms with E-state index in [1.807, 2.05) is 0 Å². The zero-order valence-corrected chi connectivity index (χ0v) is 12.8. The SMILES string of the molecule is CC1(C)C(NCCCC2CCCC2)C2CCCOC21. The second kappa shape index (κ2) is 5.73. The summed E-state index contributed by atoms with van der Waals surface area (Å²) in [5.41, 5.74) is 0.346. The highest BCUT2D eigenvalue weighted by Crippen LogP contribution is 2.51. The van der Waals surface area contributed by atoms with E-state index in [0.717, 1.165) is 18.4 Å². The second-order valence-corrected chi connectivity index (χ2v) is 7.64. The van der Waals surface area contributed by atoms with E-state index in [9.17, 15) is 0 Å². The first-order valence-corrected chi connectivity index (χ1v) is 8.54. The summed E-state index contributed by atoms with van der Waals surface area (Å²) in [6.07, 6.45) is 11.9. The number of fused-ring (bicyclic) bond motifs is 1. The Labute approximate surface area is 118 Å². The summed E-state index contributed by atoms with van der Waals surface area (Å²) in [5, 5.41) is 3.85. The maximum absolute atomic E-state index is 5.97. The van der Waals surface area contributed by atoms with E-state index in [-0.39, 0.29) is 0 Å². The van der Waals surface area contributed by atoms with Crippen LogP contribution in [0.1, 0.15) is 65.2 Å². The molecule has 110 valence electrons. The van der Waals surface area contributed by atoms with Gasteiger partial charge in [0.25, 0.3) is 0 Å². The molecule has 0 bridgehead atoms. The molecule has 2 nitrogen and oxygen atoms in total. The smallest absolute Gasteiger partial charge is 0.0684 e.